The summed E-state index contributed by atoms with van der Waals surface area (Å²) in [5.74, 6) is -0.913. The highest BCUT2D eigenvalue weighted by Crippen LogP contribution is 2.34. The standard InChI is InChI=1S/C27H26N4O7/c32-24(28-19-7-9-20(10-8-19)30-27(36)29-18-4-2-1-3-5-18)12-13-25(33)31-21(15-26(34)35)17-6-11-22-23(14-17)38-16-37-22/h1-11,14,21H,12-13,15-16H2,(H,28,32)(H,31,33)(H,34,35)(H2,29,30,36)/t21-/m0/s1. The number of aliphatic carboxylic acids is 1. The van der Waals surface area contributed by atoms with Crippen molar-refractivity contribution < 1.29 is 33.8 Å². The summed E-state index contributed by atoms with van der Waals surface area (Å²) in [6, 6.07) is 19.3. The van der Waals surface area contributed by atoms with Crippen LogP contribution in [0, 0.1) is 0 Å². The molecule has 0 unspecified atom stereocenters. The molecule has 1 aliphatic rings. The number of carboxylic acid groups (broad SMARTS) is 1. The number of amides is 4. The zero-order chi connectivity index (χ0) is 26.9. The van der Waals surface area contributed by atoms with Crippen LogP contribution in [0.1, 0.15) is 30.9 Å². The molecule has 1 aliphatic heterocycles. The molecule has 0 aromatic heterocycles. The molecule has 0 spiro atoms. The minimum Gasteiger partial charge on any atom is -0.481 e. The van der Waals surface area contributed by atoms with E-state index in [1.165, 1.54) is 0 Å². The second-order valence-electron chi connectivity index (χ2n) is 8.40. The van der Waals surface area contributed by atoms with Crippen molar-refractivity contribution in [2.24, 2.45) is 0 Å². The van der Waals surface area contributed by atoms with Crippen LogP contribution in [-0.4, -0.2) is 35.7 Å². The highest BCUT2D eigenvalue weighted by Gasteiger charge is 2.22. The van der Waals surface area contributed by atoms with Crippen molar-refractivity contribution in [3.8, 4) is 11.5 Å². The number of carbonyl (C=O) groups is 4. The van der Waals surface area contributed by atoms with Crippen LogP contribution >= 0.6 is 0 Å². The lowest BCUT2D eigenvalue weighted by Gasteiger charge is -2.18. The van der Waals surface area contributed by atoms with Gasteiger partial charge in [-0.3, -0.25) is 14.4 Å². The Morgan fingerprint density at radius 1 is 0.737 bits per heavy atom. The third-order valence-electron chi connectivity index (χ3n) is 5.55. The molecule has 4 rings (SSSR count). The maximum atomic E-state index is 12.5. The lowest BCUT2D eigenvalue weighted by atomic mass is 10.0. The molecule has 3 aromatic carbocycles. The molecule has 3 aromatic rings. The third-order valence-corrected chi connectivity index (χ3v) is 5.55. The van der Waals surface area contributed by atoms with E-state index in [4.69, 9.17) is 9.47 Å². The summed E-state index contributed by atoms with van der Waals surface area (Å²) in [7, 11) is 0. The molecule has 0 radical (unpaired) electrons. The van der Waals surface area contributed by atoms with Crippen LogP contribution < -0.4 is 30.7 Å². The first kappa shape index (κ1) is 26.0. The summed E-state index contributed by atoms with van der Waals surface area (Å²) < 4.78 is 10.6. The van der Waals surface area contributed by atoms with E-state index in [1.54, 1.807) is 54.6 Å². The number of anilines is 3. The van der Waals surface area contributed by atoms with Gasteiger partial charge >= 0.3 is 12.0 Å². The van der Waals surface area contributed by atoms with Gasteiger partial charge in [-0.25, -0.2) is 4.79 Å². The Balaban J connectivity index is 1.24. The molecule has 1 heterocycles. The van der Waals surface area contributed by atoms with Crippen molar-refractivity contribution in [3.63, 3.8) is 0 Å². The predicted octanol–water partition coefficient (Wildman–Crippen LogP) is 4.11. The average Bonchev–Trinajstić information content (AvgIpc) is 3.37. The molecule has 4 amide bonds. The minimum atomic E-state index is -1.08. The Kier molecular flexibility index (Phi) is 8.39. The number of carboxylic acids is 1. The number of para-hydroxylation sites is 1. The van der Waals surface area contributed by atoms with Crippen LogP contribution in [0.25, 0.3) is 0 Å². The van der Waals surface area contributed by atoms with E-state index in [-0.39, 0.29) is 32.0 Å². The maximum absolute atomic E-state index is 12.5. The third kappa shape index (κ3) is 7.47. The van der Waals surface area contributed by atoms with Crippen LogP contribution in [-0.2, 0) is 14.4 Å². The first-order valence-electron chi connectivity index (χ1n) is 11.8. The van der Waals surface area contributed by atoms with Gasteiger partial charge in [0.15, 0.2) is 11.5 Å². The van der Waals surface area contributed by atoms with Crippen molar-refractivity contribution in [1.82, 2.24) is 5.32 Å². The Bertz CT molecular complexity index is 1310. The summed E-state index contributed by atoms with van der Waals surface area (Å²) in [5.41, 5.74) is 2.24. The number of ether oxygens (including phenoxy) is 2. The summed E-state index contributed by atoms with van der Waals surface area (Å²) in [5, 5.41) is 20.0. The predicted molar refractivity (Wildman–Crippen MR) is 139 cm³/mol. The Morgan fingerprint density at radius 2 is 1.34 bits per heavy atom. The topological polar surface area (TPSA) is 155 Å². The van der Waals surface area contributed by atoms with Crippen LogP contribution in [0.2, 0.25) is 0 Å². The number of rotatable bonds is 10. The van der Waals surface area contributed by atoms with Crippen LogP contribution in [0.5, 0.6) is 11.5 Å². The van der Waals surface area contributed by atoms with Crippen LogP contribution in [0.4, 0.5) is 21.9 Å². The SMILES string of the molecule is O=C(O)C[C@H](NC(=O)CCC(=O)Nc1ccc(NC(=O)Nc2ccccc2)cc1)c1ccc2c(c1)OCO2. The van der Waals surface area contributed by atoms with Gasteiger partial charge < -0.3 is 35.8 Å². The molecule has 11 heteroatoms. The average molecular weight is 519 g/mol. The van der Waals surface area contributed by atoms with Gasteiger partial charge in [0.05, 0.1) is 12.5 Å². The first-order chi connectivity index (χ1) is 18.4. The second-order valence-corrected chi connectivity index (χ2v) is 8.40. The Hall–Kier alpha value is -5.06. The fraction of sp³-hybridized carbons (Fsp3) is 0.185. The molecule has 0 saturated carbocycles. The van der Waals surface area contributed by atoms with Crippen molar-refractivity contribution in [2.45, 2.75) is 25.3 Å². The number of hydrogen-bond acceptors (Lipinski definition) is 6. The Labute approximate surface area is 218 Å². The fourth-order valence-electron chi connectivity index (χ4n) is 3.73. The number of urea groups is 1. The van der Waals surface area contributed by atoms with E-state index in [9.17, 15) is 24.3 Å². The van der Waals surface area contributed by atoms with Gasteiger partial charge in [0.2, 0.25) is 18.6 Å². The molecular weight excluding hydrogens is 492 g/mol. The summed E-state index contributed by atoms with van der Waals surface area (Å²) in [4.78, 5) is 48.3. The van der Waals surface area contributed by atoms with Gasteiger partial charge in [0.25, 0.3) is 0 Å². The summed E-state index contributed by atoms with van der Waals surface area (Å²) in [6.45, 7) is 0.0761. The summed E-state index contributed by atoms with van der Waals surface area (Å²) in [6.07, 6.45) is -0.570. The van der Waals surface area contributed by atoms with Crippen molar-refractivity contribution in [1.29, 1.82) is 0 Å². The molecular formula is C27H26N4O7. The molecule has 0 aliphatic carbocycles. The number of benzene rings is 3. The van der Waals surface area contributed by atoms with Gasteiger partial charge in [-0.05, 0) is 54.1 Å². The van der Waals surface area contributed by atoms with Crippen molar-refractivity contribution in [2.75, 3.05) is 22.7 Å². The van der Waals surface area contributed by atoms with E-state index < -0.39 is 23.9 Å². The van der Waals surface area contributed by atoms with Gasteiger partial charge in [0.1, 0.15) is 0 Å². The van der Waals surface area contributed by atoms with Gasteiger partial charge in [0, 0.05) is 29.9 Å². The largest absolute Gasteiger partial charge is 0.481 e. The first-order valence-corrected chi connectivity index (χ1v) is 11.8. The number of carbonyl (C=O) groups excluding carboxylic acids is 3. The zero-order valence-corrected chi connectivity index (χ0v) is 20.2. The lowest BCUT2D eigenvalue weighted by Crippen LogP contribution is -2.30. The molecule has 11 nitrogen and oxygen atoms in total. The molecule has 196 valence electrons. The number of fused-ring (bicyclic) bond motifs is 1. The van der Waals surface area contributed by atoms with E-state index >= 15 is 0 Å². The van der Waals surface area contributed by atoms with Crippen LogP contribution in [0.15, 0.2) is 72.8 Å². The summed E-state index contributed by atoms with van der Waals surface area (Å²) >= 11 is 0. The maximum Gasteiger partial charge on any atom is 0.323 e. The molecule has 5 N–H and O–H groups in total. The fourth-order valence-corrected chi connectivity index (χ4v) is 3.73. The van der Waals surface area contributed by atoms with Gasteiger partial charge in [-0.1, -0.05) is 24.3 Å². The minimum absolute atomic E-state index is 0.0761. The van der Waals surface area contributed by atoms with Gasteiger partial charge in [-0.2, -0.15) is 0 Å². The monoisotopic (exact) mass is 518 g/mol. The van der Waals surface area contributed by atoms with Crippen LogP contribution in [0.3, 0.4) is 0 Å². The lowest BCUT2D eigenvalue weighted by molar-refractivity contribution is -0.138. The quantitative estimate of drug-likeness (QED) is 0.270. The smallest absolute Gasteiger partial charge is 0.323 e. The second kappa shape index (κ2) is 12.3. The van der Waals surface area contributed by atoms with E-state index in [0.29, 0.717) is 34.1 Å². The van der Waals surface area contributed by atoms with Crippen molar-refractivity contribution in [3.05, 3.63) is 78.4 Å². The van der Waals surface area contributed by atoms with E-state index in [0.717, 1.165) is 0 Å². The zero-order valence-electron chi connectivity index (χ0n) is 20.2. The molecule has 0 saturated heterocycles. The highest BCUT2D eigenvalue weighted by molar-refractivity contribution is 6.00. The van der Waals surface area contributed by atoms with Gasteiger partial charge in [-0.15, -0.1) is 0 Å². The van der Waals surface area contributed by atoms with E-state index in [2.05, 4.69) is 21.3 Å². The highest BCUT2D eigenvalue weighted by atomic mass is 16.7. The molecule has 38 heavy (non-hydrogen) atoms. The molecule has 1 atom stereocenters. The molecule has 0 bridgehead atoms. The number of nitrogens with one attached hydrogen (secondary N) is 4. The van der Waals surface area contributed by atoms with E-state index in [1.807, 2.05) is 18.2 Å². The van der Waals surface area contributed by atoms with Crippen molar-refractivity contribution >= 4 is 40.9 Å². The number of hydrogen-bond donors (Lipinski definition) is 5. The Morgan fingerprint density at radius 3 is 2.03 bits per heavy atom. The molecule has 0 fully saturated rings. The normalized spacial score (nSPS) is 12.2.